The van der Waals surface area contributed by atoms with E-state index in [0.717, 1.165) is 43.1 Å². The normalized spacial score (nSPS) is 18.7. The van der Waals surface area contributed by atoms with Crippen molar-refractivity contribution < 1.29 is 14.3 Å². The number of fused-ring (bicyclic) bond motifs is 1. The van der Waals surface area contributed by atoms with Gasteiger partial charge in [-0.3, -0.25) is 9.79 Å². The third kappa shape index (κ3) is 5.66. The van der Waals surface area contributed by atoms with E-state index in [9.17, 15) is 4.79 Å². The smallest absolute Gasteiger partial charge is 0.305 e. The Balaban J connectivity index is 1.89. The third-order valence-electron chi connectivity index (χ3n) is 4.24. The molecule has 0 aliphatic carbocycles. The van der Waals surface area contributed by atoms with Crippen LogP contribution in [0.4, 0.5) is 0 Å². The number of esters is 1. The highest BCUT2D eigenvalue weighted by Crippen LogP contribution is 2.39. The number of benzene rings is 1. The van der Waals surface area contributed by atoms with Crippen molar-refractivity contribution in [2.24, 2.45) is 4.99 Å². The van der Waals surface area contributed by atoms with Gasteiger partial charge in [0.25, 0.3) is 0 Å². The number of guanidine groups is 1. The summed E-state index contributed by atoms with van der Waals surface area (Å²) in [6.07, 6.45) is 2.98. The topological polar surface area (TPSA) is 72.0 Å². The van der Waals surface area contributed by atoms with Crippen LogP contribution in [-0.2, 0) is 9.53 Å². The highest BCUT2D eigenvalue weighted by atomic mass is 16.5. The molecule has 25 heavy (non-hydrogen) atoms. The Bertz CT molecular complexity index is 614. The van der Waals surface area contributed by atoms with E-state index in [4.69, 9.17) is 4.74 Å². The van der Waals surface area contributed by atoms with Gasteiger partial charge in [0, 0.05) is 32.0 Å². The highest BCUT2D eigenvalue weighted by molar-refractivity contribution is 5.80. The summed E-state index contributed by atoms with van der Waals surface area (Å²) < 4.78 is 10.7. The first-order valence-corrected chi connectivity index (χ1v) is 8.77. The van der Waals surface area contributed by atoms with Gasteiger partial charge in [-0.1, -0.05) is 18.2 Å². The zero-order chi connectivity index (χ0) is 18.3. The molecular weight excluding hydrogens is 318 g/mol. The molecule has 0 saturated heterocycles. The maximum Gasteiger partial charge on any atom is 0.305 e. The van der Waals surface area contributed by atoms with Gasteiger partial charge in [-0.15, -0.1) is 0 Å². The van der Waals surface area contributed by atoms with Crippen molar-refractivity contribution >= 4 is 11.9 Å². The van der Waals surface area contributed by atoms with Crippen molar-refractivity contribution in [1.82, 2.24) is 10.6 Å². The number of hydrogen-bond donors (Lipinski definition) is 2. The fourth-order valence-electron chi connectivity index (χ4n) is 2.99. The second-order valence-corrected chi connectivity index (χ2v) is 6.83. The van der Waals surface area contributed by atoms with Crippen LogP contribution in [0.15, 0.2) is 29.3 Å². The molecule has 0 aromatic heterocycles. The van der Waals surface area contributed by atoms with Crippen LogP contribution in [0, 0.1) is 0 Å². The number of carbonyl (C=O) groups excluding carboxylic acids is 1. The van der Waals surface area contributed by atoms with Crippen LogP contribution in [0.3, 0.4) is 0 Å². The number of methoxy groups -OCH3 is 1. The van der Waals surface area contributed by atoms with Crippen LogP contribution in [0.2, 0.25) is 0 Å². The fourth-order valence-corrected chi connectivity index (χ4v) is 2.99. The lowest BCUT2D eigenvalue weighted by atomic mass is 9.90. The van der Waals surface area contributed by atoms with Gasteiger partial charge < -0.3 is 20.1 Å². The van der Waals surface area contributed by atoms with Crippen molar-refractivity contribution in [3.63, 3.8) is 0 Å². The maximum atomic E-state index is 11.1. The van der Waals surface area contributed by atoms with Gasteiger partial charge in [-0.25, -0.2) is 0 Å². The first kappa shape index (κ1) is 19.1. The van der Waals surface area contributed by atoms with E-state index >= 15 is 0 Å². The Hall–Kier alpha value is -2.24. The monoisotopic (exact) mass is 347 g/mol. The molecule has 6 nitrogen and oxygen atoms in total. The van der Waals surface area contributed by atoms with E-state index in [0.29, 0.717) is 6.42 Å². The number of hydrogen-bond acceptors (Lipinski definition) is 4. The molecule has 0 fully saturated rings. The average Bonchev–Trinajstić information content (AvgIpc) is 2.59. The molecule has 0 saturated carbocycles. The molecule has 2 rings (SSSR count). The van der Waals surface area contributed by atoms with Gasteiger partial charge >= 0.3 is 5.97 Å². The van der Waals surface area contributed by atoms with E-state index < -0.39 is 0 Å². The minimum absolute atomic E-state index is 0.140. The summed E-state index contributed by atoms with van der Waals surface area (Å²) in [4.78, 5) is 15.4. The Morgan fingerprint density at radius 1 is 1.36 bits per heavy atom. The van der Waals surface area contributed by atoms with Crippen LogP contribution in [-0.4, -0.2) is 38.2 Å². The molecule has 1 atom stereocenters. The number of unbranched alkanes of at least 4 members (excludes halogenated alkanes) is 1. The molecule has 1 aromatic rings. The zero-order valence-corrected chi connectivity index (χ0v) is 15.6. The molecule has 1 aliphatic rings. The third-order valence-corrected chi connectivity index (χ3v) is 4.24. The SMILES string of the molecule is CN=C(NCCCCC(=O)OC)NC1CC(C)(C)Oc2ccccc21. The molecule has 1 aliphatic heterocycles. The molecule has 1 aromatic carbocycles. The van der Waals surface area contributed by atoms with E-state index in [1.807, 2.05) is 18.2 Å². The molecule has 1 unspecified atom stereocenters. The van der Waals surface area contributed by atoms with E-state index in [2.05, 4.69) is 40.3 Å². The molecule has 138 valence electrons. The molecule has 0 spiro atoms. The quantitative estimate of drug-likeness (QED) is 0.358. The van der Waals surface area contributed by atoms with Crippen LogP contribution in [0.5, 0.6) is 5.75 Å². The van der Waals surface area contributed by atoms with E-state index in [1.165, 1.54) is 7.11 Å². The molecule has 0 bridgehead atoms. The highest BCUT2D eigenvalue weighted by Gasteiger charge is 2.33. The lowest BCUT2D eigenvalue weighted by molar-refractivity contribution is -0.140. The number of carbonyl (C=O) groups is 1. The Kier molecular flexibility index (Phi) is 6.67. The molecule has 2 N–H and O–H groups in total. The lowest BCUT2D eigenvalue weighted by Crippen LogP contribution is -2.45. The predicted octanol–water partition coefficient (Wildman–Crippen LogP) is 2.80. The van der Waals surface area contributed by atoms with Crippen LogP contribution < -0.4 is 15.4 Å². The summed E-state index contributed by atoms with van der Waals surface area (Å²) in [6.45, 7) is 4.95. The zero-order valence-electron chi connectivity index (χ0n) is 15.6. The van der Waals surface area contributed by atoms with Gasteiger partial charge in [0.05, 0.1) is 13.2 Å². The molecule has 0 radical (unpaired) electrons. The van der Waals surface area contributed by atoms with Crippen molar-refractivity contribution in [1.29, 1.82) is 0 Å². The lowest BCUT2D eigenvalue weighted by Gasteiger charge is -2.38. The van der Waals surface area contributed by atoms with Gasteiger partial charge in [-0.05, 0) is 32.8 Å². The van der Waals surface area contributed by atoms with Crippen molar-refractivity contribution in [3.05, 3.63) is 29.8 Å². The molecule has 1 heterocycles. The first-order chi connectivity index (χ1) is 11.9. The first-order valence-electron chi connectivity index (χ1n) is 8.77. The largest absolute Gasteiger partial charge is 0.487 e. The van der Waals surface area contributed by atoms with Crippen molar-refractivity contribution in [2.75, 3.05) is 20.7 Å². The van der Waals surface area contributed by atoms with Crippen molar-refractivity contribution in [2.45, 2.75) is 51.2 Å². The molecular formula is C19H29N3O3. The number of rotatable bonds is 6. The van der Waals surface area contributed by atoms with E-state index in [1.54, 1.807) is 7.05 Å². The van der Waals surface area contributed by atoms with Gasteiger partial charge in [0.2, 0.25) is 0 Å². The average molecular weight is 347 g/mol. The summed E-state index contributed by atoms with van der Waals surface area (Å²) in [6, 6.07) is 8.25. The Morgan fingerprint density at radius 3 is 2.84 bits per heavy atom. The number of aliphatic imine (C=N–C) groups is 1. The van der Waals surface area contributed by atoms with Gasteiger partial charge in [0.1, 0.15) is 11.4 Å². The summed E-state index contributed by atoms with van der Waals surface area (Å²) in [7, 11) is 3.18. The standard InChI is InChI=1S/C19H29N3O3/c1-19(2)13-15(14-9-5-6-10-16(14)25-19)22-18(20-3)21-12-8-7-11-17(23)24-4/h5-6,9-10,15H,7-8,11-13H2,1-4H3,(H2,20,21,22). The molecule has 6 heteroatoms. The van der Waals surface area contributed by atoms with Crippen molar-refractivity contribution in [3.8, 4) is 5.75 Å². The summed E-state index contributed by atoms with van der Waals surface area (Å²) in [5, 5.41) is 6.81. The number of nitrogens with one attached hydrogen (secondary N) is 2. The number of para-hydroxylation sites is 1. The van der Waals surface area contributed by atoms with Crippen LogP contribution >= 0.6 is 0 Å². The maximum absolute atomic E-state index is 11.1. The van der Waals surface area contributed by atoms with E-state index in [-0.39, 0.29) is 17.6 Å². The second-order valence-electron chi connectivity index (χ2n) is 6.83. The Labute approximate surface area is 150 Å². The number of nitrogens with zero attached hydrogens (tertiary/aromatic N) is 1. The fraction of sp³-hybridized carbons (Fsp3) is 0.579. The summed E-state index contributed by atoms with van der Waals surface area (Å²) in [5.41, 5.74) is 0.918. The summed E-state index contributed by atoms with van der Waals surface area (Å²) in [5.74, 6) is 1.52. The summed E-state index contributed by atoms with van der Waals surface area (Å²) >= 11 is 0. The minimum Gasteiger partial charge on any atom is -0.487 e. The molecule has 0 amide bonds. The minimum atomic E-state index is -0.231. The van der Waals surface area contributed by atoms with Crippen LogP contribution in [0.25, 0.3) is 0 Å². The predicted molar refractivity (Wildman–Crippen MR) is 98.9 cm³/mol. The second kappa shape index (κ2) is 8.74. The number of ether oxygens (including phenoxy) is 2. The van der Waals surface area contributed by atoms with Crippen LogP contribution in [0.1, 0.15) is 51.1 Å². The van der Waals surface area contributed by atoms with Gasteiger partial charge in [0.15, 0.2) is 5.96 Å². The Morgan fingerprint density at radius 2 is 2.12 bits per heavy atom. The van der Waals surface area contributed by atoms with Gasteiger partial charge in [-0.2, -0.15) is 0 Å².